The molecule has 0 aromatic heterocycles. The van der Waals surface area contributed by atoms with Crippen LogP contribution in [0, 0.1) is 5.82 Å². The molecule has 104 valence electrons. The highest BCUT2D eigenvalue weighted by Gasteiger charge is 2.05. The van der Waals surface area contributed by atoms with Gasteiger partial charge in [0.05, 0.1) is 5.69 Å². The van der Waals surface area contributed by atoms with Gasteiger partial charge in [-0.05, 0) is 35.9 Å². The highest BCUT2D eigenvalue weighted by atomic mass is 19.1. The van der Waals surface area contributed by atoms with E-state index in [-0.39, 0.29) is 12.5 Å². The number of hydrogen-bond acceptors (Lipinski definition) is 3. The van der Waals surface area contributed by atoms with Crippen LogP contribution in [0.3, 0.4) is 0 Å². The summed E-state index contributed by atoms with van der Waals surface area (Å²) >= 11 is 0. The standard InChI is InChI=1S/C15H15FN2O2/c1-10(19)18-14-4-2-3-5-15(14)20-9-11-6-12(16)8-13(17)7-11/h2-8H,9,17H2,1H3,(H,18,19). The van der Waals surface area contributed by atoms with Crippen molar-refractivity contribution in [1.29, 1.82) is 0 Å². The summed E-state index contributed by atoms with van der Waals surface area (Å²) in [6.45, 7) is 1.59. The molecule has 0 aliphatic heterocycles. The number of halogens is 1. The number of benzene rings is 2. The molecule has 0 heterocycles. The van der Waals surface area contributed by atoms with Crippen LogP contribution in [0.2, 0.25) is 0 Å². The molecule has 0 aliphatic carbocycles. The Balaban J connectivity index is 2.12. The smallest absolute Gasteiger partial charge is 0.221 e. The summed E-state index contributed by atoms with van der Waals surface area (Å²) in [5.41, 5.74) is 7.12. The van der Waals surface area contributed by atoms with Gasteiger partial charge < -0.3 is 15.8 Å². The number of nitrogens with two attached hydrogens (primary N) is 1. The van der Waals surface area contributed by atoms with E-state index in [0.717, 1.165) is 0 Å². The second-order valence-corrected chi connectivity index (χ2v) is 4.36. The van der Waals surface area contributed by atoms with E-state index < -0.39 is 5.82 Å². The molecule has 2 aromatic carbocycles. The number of carbonyl (C=O) groups excluding carboxylic acids is 1. The molecule has 0 saturated heterocycles. The number of anilines is 2. The fourth-order valence-corrected chi connectivity index (χ4v) is 1.81. The fraction of sp³-hybridized carbons (Fsp3) is 0.133. The number of carbonyl (C=O) groups is 1. The second-order valence-electron chi connectivity index (χ2n) is 4.36. The van der Waals surface area contributed by atoms with Crippen molar-refractivity contribution in [2.75, 3.05) is 11.1 Å². The van der Waals surface area contributed by atoms with Gasteiger partial charge in [-0.2, -0.15) is 0 Å². The van der Waals surface area contributed by atoms with Crippen LogP contribution < -0.4 is 15.8 Å². The molecule has 20 heavy (non-hydrogen) atoms. The van der Waals surface area contributed by atoms with Gasteiger partial charge in [0.15, 0.2) is 0 Å². The van der Waals surface area contributed by atoms with Gasteiger partial charge in [0.25, 0.3) is 0 Å². The molecule has 3 N–H and O–H groups in total. The number of amides is 1. The first-order valence-electron chi connectivity index (χ1n) is 6.09. The van der Waals surface area contributed by atoms with E-state index >= 15 is 0 Å². The minimum atomic E-state index is -0.404. The van der Waals surface area contributed by atoms with E-state index in [2.05, 4.69) is 5.32 Å². The Morgan fingerprint density at radius 1 is 1.30 bits per heavy atom. The fourth-order valence-electron chi connectivity index (χ4n) is 1.81. The highest BCUT2D eigenvalue weighted by molar-refractivity contribution is 5.90. The molecule has 1 amide bonds. The quantitative estimate of drug-likeness (QED) is 0.842. The number of nitrogens with one attached hydrogen (secondary N) is 1. The van der Waals surface area contributed by atoms with Gasteiger partial charge in [-0.15, -0.1) is 0 Å². The van der Waals surface area contributed by atoms with Crippen LogP contribution in [-0.4, -0.2) is 5.91 Å². The van der Waals surface area contributed by atoms with Crippen molar-refractivity contribution < 1.29 is 13.9 Å². The third-order valence-electron chi connectivity index (χ3n) is 2.57. The molecule has 2 rings (SSSR count). The maximum Gasteiger partial charge on any atom is 0.221 e. The molecule has 5 heteroatoms. The average molecular weight is 274 g/mol. The molecule has 0 radical (unpaired) electrons. The van der Waals surface area contributed by atoms with E-state index in [0.29, 0.717) is 22.7 Å². The maximum absolute atomic E-state index is 13.2. The molecule has 0 saturated carbocycles. The largest absolute Gasteiger partial charge is 0.487 e. The van der Waals surface area contributed by atoms with Crippen molar-refractivity contribution in [1.82, 2.24) is 0 Å². The Morgan fingerprint density at radius 2 is 2.05 bits per heavy atom. The molecular formula is C15H15FN2O2. The summed E-state index contributed by atoms with van der Waals surface area (Å²) in [6.07, 6.45) is 0. The lowest BCUT2D eigenvalue weighted by Gasteiger charge is -2.12. The number of nitrogen functional groups attached to an aromatic ring is 1. The first-order valence-corrected chi connectivity index (χ1v) is 6.09. The van der Waals surface area contributed by atoms with Crippen LogP contribution in [0.25, 0.3) is 0 Å². The van der Waals surface area contributed by atoms with Crippen molar-refractivity contribution in [3.05, 3.63) is 53.8 Å². The van der Waals surface area contributed by atoms with Gasteiger partial charge in [0.2, 0.25) is 5.91 Å². The van der Waals surface area contributed by atoms with Crippen LogP contribution in [0.1, 0.15) is 12.5 Å². The molecule has 0 fully saturated rings. The first kappa shape index (κ1) is 13.9. The molecule has 4 nitrogen and oxygen atoms in total. The van der Waals surface area contributed by atoms with Crippen LogP contribution in [0.4, 0.5) is 15.8 Å². The van der Waals surface area contributed by atoms with Gasteiger partial charge in [-0.25, -0.2) is 4.39 Å². The molecule has 0 aliphatic rings. The number of ether oxygens (including phenoxy) is 1. The van der Waals surface area contributed by atoms with Gasteiger partial charge in [-0.3, -0.25) is 4.79 Å². The predicted molar refractivity (Wildman–Crippen MR) is 75.9 cm³/mol. The summed E-state index contributed by atoms with van der Waals surface area (Å²) in [6, 6.07) is 11.3. The van der Waals surface area contributed by atoms with E-state index in [1.807, 2.05) is 0 Å². The van der Waals surface area contributed by atoms with E-state index in [1.165, 1.54) is 19.1 Å². The summed E-state index contributed by atoms with van der Waals surface area (Å²) in [4.78, 5) is 11.1. The lowest BCUT2D eigenvalue weighted by molar-refractivity contribution is -0.114. The highest BCUT2D eigenvalue weighted by Crippen LogP contribution is 2.25. The Kier molecular flexibility index (Phi) is 4.20. The molecular weight excluding hydrogens is 259 g/mol. The summed E-state index contributed by atoms with van der Waals surface area (Å²) in [7, 11) is 0. The van der Waals surface area contributed by atoms with Gasteiger partial charge >= 0.3 is 0 Å². The number of rotatable bonds is 4. The molecule has 0 spiro atoms. The van der Waals surface area contributed by atoms with Crippen LogP contribution >= 0.6 is 0 Å². The summed E-state index contributed by atoms with van der Waals surface area (Å²) in [5, 5.41) is 2.67. The molecule has 0 unspecified atom stereocenters. The Bertz CT molecular complexity index is 609. The zero-order chi connectivity index (χ0) is 14.5. The monoisotopic (exact) mass is 274 g/mol. The minimum absolute atomic E-state index is 0.165. The SMILES string of the molecule is CC(=O)Nc1ccccc1OCc1cc(N)cc(F)c1. The number of hydrogen-bond donors (Lipinski definition) is 2. The van der Waals surface area contributed by atoms with Gasteiger partial charge in [-0.1, -0.05) is 12.1 Å². The van der Waals surface area contributed by atoms with Gasteiger partial charge in [0, 0.05) is 12.6 Å². The van der Waals surface area contributed by atoms with Gasteiger partial charge in [0.1, 0.15) is 18.2 Å². The average Bonchev–Trinajstić information content (AvgIpc) is 2.36. The summed E-state index contributed by atoms with van der Waals surface area (Å²) in [5.74, 6) is -0.0691. The van der Waals surface area contributed by atoms with Crippen molar-refractivity contribution in [3.8, 4) is 5.75 Å². The Morgan fingerprint density at radius 3 is 2.75 bits per heavy atom. The molecule has 0 bridgehead atoms. The normalized spacial score (nSPS) is 10.1. The number of para-hydroxylation sites is 2. The topological polar surface area (TPSA) is 64.3 Å². The second kappa shape index (κ2) is 6.06. The predicted octanol–water partition coefficient (Wildman–Crippen LogP) is 2.95. The van der Waals surface area contributed by atoms with Crippen molar-refractivity contribution >= 4 is 17.3 Å². The van der Waals surface area contributed by atoms with Crippen molar-refractivity contribution in [3.63, 3.8) is 0 Å². The molecule has 2 aromatic rings. The zero-order valence-electron chi connectivity index (χ0n) is 11.0. The van der Waals surface area contributed by atoms with Crippen LogP contribution in [0.5, 0.6) is 5.75 Å². The van der Waals surface area contributed by atoms with E-state index in [1.54, 1.807) is 30.3 Å². The summed E-state index contributed by atoms with van der Waals surface area (Å²) < 4.78 is 18.8. The third kappa shape index (κ3) is 3.71. The lowest BCUT2D eigenvalue weighted by Crippen LogP contribution is -2.08. The Hall–Kier alpha value is -2.56. The van der Waals surface area contributed by atoms with Crippen LogP contribution in [-0.2, 0) is 11.4 Å². The maximum atomic E-state index is 13.2. The van der Waals surface area contributed by atoms with Crippen molar-refractivity contribution in [2.45, 2.75) is 13.5 Å². The molecule has 0 atom stereocenters. The van der Waals surface area contributed by atoms with E-state index in [4.69, 9.17) is 10.5 Å². The lowest BCUT2D eigenvalue weighted by atomic mass is 10.2. The minimum Gasteiger partial charge on any atom is -0.487 e. The zero-order valence-corrected chi connectivity index (χ0v) is 11.0. The van der Waals surface area contributed by atoms with Crippen LogP contribution in [0.15, 0.2) is 42.5 Å². The van der Waals surface area contributed by atoms with Crippen molar-refractivity contribution in [2.24, 2.45) is 0 Å². The Labute approximate surface area is 116 Å². The van der Waals surface area contributed by atoms with E-state index in [9.17, 15) is 9.18 Å². The third-order valence-corrected chi connectivity index (χ3v) is 2.57. The first-order chi connectivity index (χ1) is 9.54.